The van der Waals surface area contributed by atoms with Gasteiger partial charge < -0.3 is 0 Å². The Bertz CT molecular complexity index is 834. The summed E-state index contributed by atoms with van der Waals surface area (Å²) in [6.07, 6.45) is 2.15. The number of carbonyl (C=O) groups is 1. The second kappa shape index (κ2) is 6.27. The summed E-state index contributed by atoms with van der Waals surface area (Å²) >= 11 is 5.95. The van der Waals surface area contributed by atoms with E-state index in [1.165, 1.54) is 0 Å². The Balaban J connectivity index is 1.81. The van der Waals surface area contributed by atoms with Crippen molar-refractivity contribution in [3.05, 3.63) is 58.7 Å². The van der Waals surface area contributed by atoms with Gasteiger partial charge in [-0.2, -0.15) is 0 Å². The Morgan fingerprint density at radius 1 is 1.17 bits per heavy atom. The van der Waals surface area contributed by atoms with E-state index < -0.39 is 0 Å². The first kappa shape index (κ1) is 16.5. The van der Waals surface area contributed by atoms with Gasteiger partial charge in [0, 0.05) is 41.4 Å². The zero-order valence-electron chi connectivity index (χ0n) is 13.9. The third-order valence-corrected chi connectivity index (χ3v) is 4.37. The first-order valence-electron chi connectivity index (χ1n) is 7.67. The maximum absolute atomic E-state index is 12.2. The van der Waals surface area contributed by atoms with Gasteiger partial charge in [0.15, 0.2) is 0 Å². The van der Waals surface area contributed by atoms with E-state index in [2.05, 4.69) is 16.8 Å². The number of nitrogens with zero attached hydrogens (tertiary/aromatic N) is 3. The number of hydrogen-bond acceptors (Lipinski definition) is 3. The molecule has 3 rings (SSSR count). The van der Waals surface area contributed by atoms with Crippen molar-refractivity contribution in [1.82, 2.24) is 9.99 Å². The molecule has 1 aliphatic heterocycles. The molecule has 0 bridgehead atoms. The van der Waals surface area contributed by atoms with Crippen molar-refractivity contribution < 1.29 is 4.79 Å². The molecule has 0 N–H and O–H groups in total. The lowest BCUT2D eigenvalue weighted by molar-refractivity contribution is -0.118. The highest BCUT2D eigenvalue weighted by Crippen LogP contribution is 2.31. The van der Waals surface area contributed by atoms with Crippen LogP contribution in [0.1, 0.15) is 31.4 Å². The molecule has 0 aliphatic carbocycles. The molecule has 1 aliphatic rings. The summed E-state index contributed by atoms with van der Waals surface area (Å²) in [5, 5.41) is 4.21. The highest BCUT2D eigenvalue weighted by atomic mass is 35.5. The van der Waals surface area contributed by atoms with Crippen LogP contribution >= 0.6 is 11.6 Å². The van der Waals surface area contributed by atoms with Crippen LogP contribution in [0.15, 0.2) is 42.6 Å². The van der Waals surface area contributed by atoms with Crippen LogP contribution in [0, 0.1) is 11.8 Å². The molecule has 122 valence electrons. The molecule has 0 saturated carbocycles. The van der Waals surface area contributed by atoms with Crippen molar-refractivity contribution >= 4 is 23.3 Å². The van der Waals surface area contributed by atoms with Gasteiger partial charge in [-0.25, -0.2) is 15.0 Å². The number of amides is 1. The van der Waals surface area contributed by atoms with Crippen molar-refractivity contribution in [3.8, 4) is 11.8 Å². The van der Waals surface area contributed by atoms with Gasteiger partial charge in [0.25, 0.3) is 0 Å². The van der Waals surface area contributed by atoms with Gasteiger partial charge in [0.1, 0.15) is 5.82 Å². The summed E-state index contributed by atoms with van der Waals surface area (Å²) in [5.74, 6) is 6.77. The second-order valence-corrected chi connectivity index (χ2v) is 6.82. The largest absolute Gasteiger partial charge is 0.273 e. The van der Waals surface area contributed by atoms with Crippen LogP contribution < -0.4 is 5.01 Å². The average molecular weight is 340 g/mol. The van der Waals surface area contributed by atoms with Gasteiger partial charge in [0.2, 0.25) is 5.91 Å². The Labute approximate surface area is 147 Å². The second-order valence-electron chi connectivity index (χ2n) is 6.38. The molecular weight excluding hydrogens is 322 g/mol. The Kier molecular flexibility index (Phi) is 4.31. The number of aromatic nitrogens is 1. The van der Waals surface area contributed by atoms with E-state index in [9.17, 15) is 4.79 Å². The summed E-state index contributed by atoms with van der Waals surface area (Å²) in [4.78, 5) is 16.6. The van der Waals surface area contributed by atoms with E-state index in [1.807, 2.05) is 62.3 Å². The first-order chi connectivity index (χ1) is 11.4. The van der Waals surface area contributed by atoms with E-state index in [-0.39, 0.29) is 11.4 Å². The van der Waals surface area contributed by atoms with Gasteiger partial charge in [-0.15, -0.1) is 0 Å². The third kappa shape index (κ3) is 3.28. The minimum absolute atomic E-state index is 0.0489. The fourth-order valence-electron chi connectivity index (χ4n) is 2.57. The minimum Gasteiger partial charge on any atom is -0.273 e. The number of hydrogen-bond donors (Lipinski definition) is 0. The quantitative estimate of drug-likeness (QED) is 0.746. The molecule has 4 nitrogen and oxygen atoms in total. The van der Waals surface area contributed by atoms with Gasteiger partial charge in [-0.3, -0.25) is 4.79 Å². The van der Waals surface area contributed by atoms with Crippen molar-refractivity contribution in [2.24, 2.45) is 0 Å². The Morgan fingerprint density at radius 2 is 1.92 bits per heavy atom. The molecule has 1 saturated heterocycles. The molecule has 0 radical (unpaired) electrons. The zero-order chi connectivity index (χ0) is 17.3. The number of benzene rings is 1. The summed E-state index contributed by atoms with van der Waals surface area (Å²) < 4.78 is 0. The summed E-state index contributed by atoms with van der Waals surface area (Å²) in [5.41, 5.74) is 1.43. The van der Waals surface area contributed by atoms with Crippen LogP contribution in [-0.2, 0) is 4.79 Å². The van der Waals surface area contributed by atoms with Crippen molar-refractivity contribution in [2.45, 2.75) is 25.8 Å². The third-order valence-electron chi connectivity index (χ3n) is 4.14. The van der Waals surface area contributed by atoms with Crippen LogP contribution in [-0.4, -0.2) is 28.5 Å². The maximum Gasteiger partial charge on any atom is 0.244 e. The molecule has 0 atom stereocenters. The topological polar surface area (TPSA) is 36.4 Å². The lowest BCUT2D eigenvalue weighted by Crippen LogP contribution is -2.44. The van der Waals surface area contributed by atoms with Gasteiger partial charge in [-0.1, -0.05) is 29.5 Å². The molecule has 24 heavy (non-hydrogen) atoms. The summed E-state index contributed by atoms with van der Waals surface area (Å²) in [7, 11) is 1.90. The van der Waals surface area contributed by atoms with Crippen molar-refractivity contribution in [3.63, 3.8) is 0 Å². The number of halogens is 1. The van der Waals surface area contributed by atoms with E-state index >= 15 is 0 Å². The predicted molar refractivity (Wildman–Crippen MR) is 95.6 cm³/mol. The molecule has 1 amide bonds. The lowest BCUT2D eigenvalue weighted by Gasteiger charge is -2.31. The van der Waals surface area contributed by atoms with Gasteiger partial charge in [-0.05, 0) is 44.2 Å². The molecule has 2 aromatic rings. The first-order valence-corrected chi connectivity index (χ1v) is 8.05. The molecular formula is C19H18ClN3O. The lowest BCUT2D eigenvalue weighted by atomic mass is 10.0. The molecule has 5 heteroatoms. The van der Waals surface area contributed by atoms with E-state index in [1.54, 1.807) is 11.2 Å². The smallest absolute Gasteiger partial charge is 0.244 e. The summed E-state index contributed by atoms with van der Waals surface area (Å²) in [6, 6.07) is 11.1. The Hall–Kier alpha value is -2.35. The highest BCUT2D eigenvalue weighted by Gasteiger charge is 2.42. The van der Waals surface area contributed by atoms with E-state index in [4.69, 9.17) is 11.6 Å². The number of carbonyl (C=O) groups excluding carboxylic acids is 1. The number of hydrazine groups is 1. The standard InChI is InChI=1S/C19H18ClN3O/c1-19(2)12-18(24)23(22(19)3)17-10-9-15(13-21-17)8-7-14-5-4-6-16(20)11-14/h4-6,9-11,13H,12H2,1-3H3. The fourth-order valence-corrected chi connectivity index (χ4v) is 2.76. The van der Waals surface area contributed by atoms with Crippen LogP contribution in [0.25, 0.3) is 0 Å². The Morgan fingerprint density at radius 3 is 2.50 bits per heavy atom. The van der Waals surface area contributed by atoms with Crippen LogP contribution in [0.4, 0.5) is 5.82 Å². The molecule has 1 aromatic carbocycles. The monoisotopic (exact) mass is 339 g/mol. The number of anilines is 1. The van der Waals surface area contributed by atoms with E-state index in [0.29, 0.717) is 17.3 Å². The SMILES string of the molecule is CN1N(c2ccc(C#Cc3cccc(Cl)c3)cn2)C(=O)CC1(C)C. The number of pyridine rings is 1. The fraction of sp³-hybridized carbons (Fsp3) is 0.263. The van der Waals surface area contributed by atoms with Crippen LogP contribution in [0.3, 0.4) is 0 Å². The maximum atomic E-state index is 12.2. The highest BCUT2D eigenvalue weighted by molar-refractivity contribution is 6.30. The molecule has 1 fully saturated rings. The van der Waals surface area contributed by atoms with Gasteiger partial charge in [0.05, 0.1) is 0 Å². The summed E-state index contributed by atoms with van der Waals surface area (Å²) in [6.45, 7) is 4.07. The zero-order valence-corrected chi connectivity index (χ0v) is 14.6. The average Bonchev–Trinajstić information content (AvgIpc) is 2.74. The molecule has 0 unspecified atom stereocenters. The predicted octanol–water partition coefficient (Wildman–Crippen LogP) is 3.50. The van der Waals surface area contributed by atoms with Crippen molar-refractivity contribution in [1.29, 1.82) is 0 Å². The minimum atomic E-state index is -0.205. The van der Waals surface area contributed by atoms with E-state index in [0.717, 1.165) is 11.1 Å². The normalized spacial score (nSPS) is 16.8. The molecule has 1 aromatic heterocycles. The van der Waals surface area contributed by atoms with Crippen molar-refractivity contribution in [2.75, 3.05) is 12.1 Å². The van der Waals surface area contributed by atoms with Gasteiger partial charge >= 0.3 is 0 Å². The van der Waals surface area contributed by atoms with Crippen LogP contribution in [0.5, 0.6) is 0 Å². The number of rotatable bonds is 1. The van der Waals surface area contributed by atoms with Crippen LogP contribution in [0.2, 0.25) is 5.02 Å². The molecule has 2 heterocycles. The molecule has 0 spiro atoms.